The van der Waals surface area contributed by atoms with Crippen LogP contribution < -0.4 is 15.1 Å². The molecule has 30 heavy (non-hydrogen) atoms. The fourth-order valence-electron chi connectivity index (χ4n) is 3.13. The van der Waals surface area contributed by atoms with E-state index < -0.39 is 11.6 Å². The van der Waals surface area contributed by atoms with E-state index in [2.05, 4.69) is 5.16 Å². The molecule has 1 aliphatic heterocycles. The van der Waals surface area contributed by atoms with Gasteiger partial charge in [0.1, 0.15) is 36.7 Å². The van der Waals surface area contributed by atoms with Crippen molar-refractivity contribution >= 4 is 16.9 Å². The Balaban J connectivity index is 1.31. The molecule has 0 saturated carbocycles. The number of rotatable bonds is 4. The lowest BCUT2D eigenvalue weighted by molar-refractivity contribution is 0.0459. The number of nitrogens with zero attached hydrogens (tertiary/aromatic N) is 1. The van der Waals surface area contributed by atoms with Gasteiger partial charge < -0.3 is 23.2 Å². The maximum atomic E-state index is 12.3. The third kappa shape index (κ3) is 3.39. The summed E-state index contributed by atoms with van der Waals surface area (Å²) in [6, 6.07) is 15.4. The van der Waals surface area contributed by atoms with Gasteiger partial charge in [-0.25, -0.2) is 9.59 Å². The molecule has 2 aromatic carbocycles. The molecule has 4 aromatic rings. The standard InChI is InChI=1S/C22H15NO7/c24-21(16-9-13-3-1-2-4-17(13)29-22(16)25)28-12-15-11-19(30-23-15)14-5-6-18-20(10-14)27-8-7-26-18/h1-6,9-11H,7-8,12H2. The first-order valence-corrected chi connectivity index (χ1v) is 9.23. The minimum Gasteiger partial charge on any atom is -0.486 e. The zero-order chi connectivity index (χ0) is 20.5. The smallest absolute Gasteiger partial charge is 0.351 e. The van der Waals surface area contributed by atoms with E-state index in [1.54, 1.807) is 42.5 Å². The summed E-state index contributed by atoms with van der Waals surface area (Å²) in [5.41, 5.74) is 0.623. The summed E-state index contributed by atoms with van der Waals surface area (Å²) in [7, 11) is 0. The van der Waals surface area contributed by atoms with Gasteiger partial charge in [0.15, 0.2) is 17.3 Å². The van der Waals surface area contributed by atoms with Gasteiger partial charge >= 0.3 is 11.6 Å². The summed E-state index contributed by atoms with van der Waals surface area (Å²) in [6.45, 7) is 0.843. The van der Waals surface area contributed by atoms with Crippen molar-refractivity contribution in [2.24, 2.45) is 0 Å². The van der Waals surface area contributed by atoms with E-state index in [1.807, 2.05) is 6.07 Å². The highest BCUT2D eigenvalue weighted by molar-refractivity contribution is 5.92. The van der Waals surface area contributed by atoms with Crippen molar-refractivity contribution in [1.29, 1.82) is 0 Å². The molecular weight excluding hydrogens is 390 g/mol. The third-order valence-corrected chi connectivity index (χ3v) is 4.60. The Labute approximate surface area is 169 Å². The molecule has 0 radical (unpaired) electrons. The predicted octanol–water partition coefficient (Wildman–Crippen LogP) is 3.58. The Bertz CT molecular complexity index is 1300. The Morgan fingerprint density at radius 2 is 1.83 bits per heavy atom. The minimum absolute atomic E-state index is 0.154. The second-order valence-corrected chi connectivity index (χ2v) is 6.60. The number of aromatic nitrogens is 1. The molecule has 0 aliphatic carbocycles. The Morgan fingerprint density at radius 1 is 1.00 bits per heavy atom. The van der Waals surface area contributed by atoms with E-state index in [-0.39, 0.29) is 12.2 Å². The van der Waals surface area contributed by atoms with Crippen molar-refractivity contribution in [3.63, 3.8) is 0 Å². The van der Waals surface area contributed by atoms with Gasteiger partial charge in [0, 0.05) is 17.0 Å². The fourth-order valence-corrected chi connectivity index (χ4v) is 3.13. The van der Waals surface area contributed by atoms with Crippen molar-refractivity contribution in [2.75, 3.05) is 13.2 Å². The lowest BCUT2D eigenvalue weighted by atomic mass is 10.1. The van der Waals surface area contributed by atoms with Crippen molar-refractivity contribution in [2.45, 2.75) is 6.61 Å². The second-order valence-electron chi connectivity index (χ2n) is 6.60. The van der Waals surface area contributed by atoms with Crippen LogP contribution >= 0.6 is 0 Å². The topological polar surface area (TPSA) is 101 Å². The maximum Gasteiger partial charge on any atom is 0.351 e. The van der Waals surface area contributed by atoms with Gasteiger partial charge in [0.05, 0.1) is 0 Å². The SMILES string of the molecule is O=C(OCc1cc(-c2ccc3c(c2)OCCO3)on1)c1cc2ccccc2oc1=O. The van der Waals surface area contributed by atoms with Gasteiger partial charge in [0.2, 0.25) is 0 Å². The third-order valence-electron chi connectivity index (χ3n) is 4.60. The van der Waals surface area contributed by atoms with Crippen molar-refractivity contribution in [3.8, 4) is 22.8 Å². The minimum atomic E-state index is -0.793. The number of carbonyl (C=O) groups is 1. The molecule has 8 heteroatoms. The summed E-state index contributed by atoms with van der Waals surface area (Å²) >= 11 is 0. The Kier molecular flexibility index (Phi) is 4.44. The highest BCUT2D eigenvalue weighted by Gasteiger charge is 2.18. The van der Waals surface area contributed by atoms with Crippen LogP contribution in [0.5, 0.6) is 11.5 Å². The molecule has 2 aromatic heterocycles. The van der Waals surface area contributed by atoms with E-state index in [9.17, 15) is 9.59 Å². The van der Waals surface area contributed by atoms with Gasteiger partial charge in [0.25, 0.3) is 0 Å². The highest BCUT2D eigenvalue weighted by atomic mass is 16.6. The van der Waals surface area contributed by atoms with E-state index in [1.165, 1.54) is 6.07 Å². The Hall–Kier alpha value is -4.07. The number of hydrogen-bond donors (Lipinski definition) is 0. The molecule has 0 saturated heterocycles. The van der Waals surface area contributed by atoms with Gasteiger partial charge in [-0.15, -0.1) is 0 Å². The van der Waals surface area contributed by atoms with Gasteiger partial charge in [-0.3, -0.25) is 0 Å². The summed E-state index contributed by atoms with van der Waals surface area (Å²) in [4.78, 5) is 24.4. The number of esters is 1. The predicted molar refractivity (Wildman–Crippen MR) is 105 cm³/mol. The van der Waals surface area contributed by atoms with Gasteiger partial charge in [-0.2, -0.15) is 0 Å². The van der Waals surface area contributed by atoms with E-state index in [0.29, 0.717) is 47.1 Å². The van der Waals surface area contributed by atoms with Crippen molar-refractivity contribution in [3.05, 3.63) is 76.3 Å². The number of benzene rings is 2. The van der Waals surface area contributed by atoms with Gasteiger partial charge in [-0.1, -0.05) is 23.4 Å². The Morgan fingerprint density at radius 3 is 2.73 bits per heavy atom. The quantitative estimate of drug-likeness (QED) is 0.375. The van der Waals surface area contributed by atoms with Crippen LogP contribution in [0.1, 0.15) is 16.1 Å². The molecule has 0 fully saturated rings. The molecule has 150 valence electrons. The molecule has 1 aliphatic rings. The molecule has 8 nitrogen and oxygen atoms in total. The van der Waals surface area contributed by atoms with E-state index >= 15 is 0 Å². The van der Waals surface area contributed by atoms with Crippen molar-refractivity contribution in [1.82, 2.24) is 5.16 Å². The molecule has 0 amide bonds. The highest BCUT2D eigenvalue weighted by Crippen LogP contribution is 2.34. The summed E-state index contributed by atoms with van der Waals surface area (Å²) in [5, 5.41) is 4.55. The van der Waals surface area contributed by atoms with Crippen LogP contribution in [0.4, 0.5) is 0 Å². The molecular formula is C22H15NO7. The van der Waals surface area contributed by atoms with Crippen LogP contribution in [0.15, 0.2) is 68.3 Å². The van der Waals surface area contributed by atoms with Crippen LogP contribution in [-0.2, 0) is 11.3 Å². The summed E-state index contributed by atoms with van der Waals surface area (Å²) < 4.78 is 26.8. The second kappa shape index (κ2) is 7.40. The lowest BCUT2D eigenvalue weighted by Crippen LogP contribution is -2.16. The first-order chi connectivity index (χ1) is 14.7. The summed E-state index contributed by atoms with van der Waals surface area (Å²) in [5.74, 6) is 1.00. The van der Waals surface area contributed by atoms with Crippen LogP contribution in [0, 0.1) is 0 Å². The van der Waals surface area contributed by atoms with Crippen LogP contribution in [0.2, 0.25) is 0 Å². The molecule has 0 spiro atoms. The average molecular weight is 405 g/mol. The van der Waals surface area contributed by atoms with Crippen LogP contribution in [0.3, 0.4) is 0 Å². The monoisotopic (exact) mass is 405 g/mol. The average Bonchev–Trinajstić information content (AvgIpc) is 3.26. The van der Waals surface area contributed by atoms with E-state index in [0.717, 1.165) is 5.56 Å². The number of carbonyl (C=O) groups excluding carboxylic acids is 1. The van der Waals surface area contributed by atoms with E-state index in [4.69, 9.17) is 23.2 Å². The van der Waals surface area contributed by atoms with Crippen LogP contribution in [-0.4, -0.2) is 24.3 Å². The number of hydrogen-bond acceptors (Lipinski definition) is 8. The largest absolute Gasteiger partial charge is 0.486 e. The number of para-hydroxylation sites is 1. The zero-order valence-electron chi connectivity index (χ0n) is 15.6. The van der Waals surface area contributed by atoms with Crippen LogP contribution in [0.25, 0.3) is 22.3 Å². The number of fused-ring (bicyclic) bond motifs is 2. The molecule has 5 rings (SSSR count). The zero-order valence-corrected chi connectivity index (χ0v) is 15.6. The lowest BCUT2D eigenvalue weighted by Gasteiger charge is -2.18. The molecule has 0 unspecified atom stereocenters. The van der Waals surface area contributed by atoms with Gasteiger partial charge in [-0.05, 0) is 30.3 Å². The first-order valence-electron chi connectivity index (χ1n) is 9.23. The normalized spacial score (nSPS) is 12.7. The molecule has 0 atom stereocenters. The maximum absolute atomic E-state index is 12.3. The first kappa shape index (κ1) is 18.0. The van der Waals surface area contributed by atoms with Crippen molar-refractivity contribution < 1.29 is 27.9 Å². The molecule has 0 N–H and O–H groups in total. The fraction of sp³-hybridized carbons (Fsp3) is 0.136. The number of ether oxygens (including phenoxy) is 3. The molecule has 0 bridgehead atoms. The summed E-state index contributed by atoms with van der Waals surface area (Å²) in [6.07, 6.45) is 0. The molecule has 3 heterocycles.